The Kier molecular flexibility index (Phi) is 3.53. The van der Waals surface area contributed by atoms with Crippen molar-refractivity contribution in [3.8, 4) is 0 Å². The Morgan fingerprint density at radius 1 is 1.04 bits per heavy atom. The summed E-state index contributed by atoms with van der Waals surface area (Å²) < 4.78 is 4.23. The molecule has 0 saturated heterocycles. The number of hydrogen-bond donors (Lipinski definition) is 0. The van der Waals surface area contributed by atoms with Crippen molar-refractivity contribution >= 4 is 5.95 Å². The monoisotopic (exact) mass is 309 g/mol. The fourth-order valence-electron chi connectivity index (χ4n) is 2.93. The number of anilines is 1. The van der Waals surface area contributed by atoms with E-state index in [9.17, 15) is 0 Å². The van der Waals surface area contributed by atoms with Gasteiger partial charge in [-0.1, -0.05) is 0 Å². The van der Waals surface area contributed by atoms with Crippen LogP contribution in [0, 0.1) is 6.92 Å². The molecule has 118 valence electrons. The van der Waals surface area contributed by atoms with Gasteiger partial charge >= 0.3 is 0 Å². The average molecular weight is 309 g/mol. The molecule has 1 aliphatic rings. The van der Waals surface area contributed by atoms with Gasteiger partial charge in [0.15, 0.2) is 0 Å². The van der Waals surface area contributed by atoms with Gasteiger partial charge in [0.25, 0.3) is 0 Å². The molecular formula is C16H19N7. The lowest BCUT2D eigenvalue weighted by molar-refractivity contribution is 0.600. The minimum absolute atomic E-state index is 0.751. The van der Waals surface area contributed by atoms with E-state index in [1.807, 2.05) is 42.5 Å². The standard InChI is InChI=1S/C16H19N7/c1-13-9-18-16(19-10-13)21-6-3-15-17-11-14(23(15)8-7-21)12-22-5-2-4-20-22/h2,4-5,9-11H,3,6-8,12H2,1H3. The highest BCUT2D eigenvalue weighted by Gasteiger charge is 2.19. The third-order valence-electron chi connectivity index (χ3n) is 4.15. The second-order valence-electron chi connectivity index (χ2n) is 5.82. The van der Waals surface area contributed by atoms with E-state index >= 15 is 0 Å². The molecular weight excluding hydrogens is 290 g/mol. The molecule has 0 atom stereocenters. The van der Waals surface area contributed by atoms with E-state index in [4.69, 9.17) is 0 Å². The maximum Gasteiger partial charge on any atom is 0.225 e. The highest BCUT2D eigenvalue weighted by Crippen LogP contribution is 2.16. The van der Waals surface area contributed by atoms with E-state index in [1.54, 1.807) is 6.20 Å². The summed E-state index contributed by atoms with van der Waals surface area (Å²) in [6.07, 6.45) is 10.4. The van der Waals surface area contributed by atoms with Crippen LogP contribution in [0.4, 0.5) is 5.95 Å². The van der Waals surface area contributed by atoms with E-state index in [1.165, 1.54) is 5.69 Å². The molecule has 3 aromatic heterocycles. The summed E-state index contributed by atoms with van der Waals surface area (Å²) in [4.78, 5) is 15.7. The normalized spacial score (nSPS) is 14.6. The third-order valence-corrected chi connectivity index (χ3v) is 4.15. The SMILES string of the molecule is Cc1cnc(N2CCc3ncc(Cn4cccn4)n3CC2)nc1. The van der Waals surface area contributed by atoms with E-state index in [0.29, 0.717) is 0 Å². The minimum Gasteiger partial charge on any atom is -0.339 e. The molecule has 4 heterocycles. The molecule has 0 aromatic carbocycles. The van der Waals surface area contributed by atoms with Crippen LogP contribution >= 0.6 is 0 Å². The molecule has 4 rings (SSSR count). The lowest BCUT2D eigenvalue weighted by Gasteiger charge is -2.19. The van der Waals surface area contributed by atoms with Gasteiger partial charge < -0.3 is 9.47 Å². The van der Waals surface area contributed by atoms with Crippen LogP contribution in [0.1, 0.15) is 17.1 Å². The smallest absolute Gasteiger partial charge is 0.225 e. The number of aromatic nitrogens is 6. The molecule has 3 aromatic rings. The van der Waals surface area contributed by atoms with Crippen LogP contribution in [0.15, 0.2) is 37.1 Å². The second-order valence-corrected chi connectivity index (χ2v) is 5.82. The maximum absolute atomic E-state index is 4.59. The van der Waals surface area contributed by atoms with Crippen molar-refractivity contribution in [2.45, 2.75) is 26.4 Å². The Morgan fingerprint density at radius 2 is 1.91 bits per heavy atom. The van der Waals surface area contributed by atoms with Crippen molar-refractivity contribution in [1.29, 1.82) is 0 Å². The molecule has 0 saturated carbocycles. The minimum atomic E-state index is 0.751. The van der Waals surface area contributed by atoms with Gasteiger partial charge in [-0.3, -0.25) is 4.68 Å². The molecule has 0 spiro atoms. The van der Waals surface area contributed by atoms with Crippen molar-refractivity contribution in [3.05, 3.63) is 54.1 Å². The molecule has 0 aliphatic carbocycles. The Balaban J connectivity index is 1.52. The third kappa shape index (κ3) is 2.81. The van der Waals surface area contributed by atoms with Crippen molar-refractivity contribution < 1.29 is 0 Å². The Bertz CT molecular complexity index is 773. The topological polar surface area (TPSA) is 64.7 Å². The highest BCUT2D eigenvalue weighted by atomic mass is 15.3. The van der Waals surface area contributed by atoms with Crippen molar-refractivity contribution in [2.24, 2.45) is 0 Å². The number of fused-ring (bicyclic) bond motifs is 1. The quantitative estimate of drug-likeness (QED) is 0.729. The zero-order chi connectivity index (χ0) is 15.6. The van der Waals surface area contributed by atoms with Crippen LogP contribution in [0.25, 0.3) is 0 Å². The average Bonchev–Trinajstić information content (AvgIpc) is 3.15. The first-order valence-electron chi connectivity index (χ1n) is 7.84. The van der Waals surface area contributed by atoms with E-state index in [2.05, 4.69) is 29.5 Å². The lowest BCUT2D eigenvalue weighted by Crippen LogP contribution is -2.28. The summed E-state index contributed by atoms with van der Waals surface area (Å²) in [5.74, 6) is 1.93. The first-order chi connectivity index (χ1) is 11.3. The molecule has 23 heavy (non-hydrogen) atoms. The fourth-order valence-corrected chi connectivity index (χ4v) is 2.93. The number of aryl methyl sites for hydroxylation is 1. The van der Waals surface area contributed by atoms with Gasteiger partial charge in [-0.2, -0.15) is 5.10 Å². The van der Waals surface area contributed by atoms with Gasteiger partial charge in [0, 0.05) is 50.8 Å². The van der Waals surface area contributed by atoms with Gasteiger partial charge in [0.2, 0.25) is 5.95 Å². The summed E-state index contributed by atoms with van der Waals surface area (Å²) in [6, 6.07) is 1.94. The van der Waals surface area contributed by atoms with Crippen LogP contribution in [-0.4, -0.2) is 42.4 Å². The van der Waals surface area contributed by atoms with Gasteiger partial charge in [0.1, 0.15) is 5.82 Å². The Labute approximate surface area is 134 Å². The predicted molar refractivity (Wildman–Crippen MR) is 86.2 cm³/mol. The summed E-state index contributed by atoms with van der Waals surface area (Å²) in [5.41, 5.74) is 2.27. The van der Waals surface area contributed by atoms with Gasteiger partial charge in [0.05, 0.1) is 18.4 Å². The summed E-state index contributed by atoms with van der Waals surface area (Å²) in [6.45, 7) is 5.42. The van der Waals surface area contributed by atoms with Crippen LogP contribution < -0.4 is 4.90 Å². The zero-order valence-electron chi connectivity index (χ0n) is 13.1. The summed E-state index contributed by atoms with van der Waals surface area (Å²) in [7, 11) is 0. The number of imidazole rings is 1. The first kappa shape index (κ1) is 13.9. The second kappa shape index (κ2) is 5.83. The number of hydrogen-bond acceptors (Lipinski definition) is 5. The molecule has 0 N–H and O–H groups in total. The fraction of sp³-hybridized carbons (Fsp3) is 0.375. The Hall–Kier alpha value is -2.70. The highest BCUT2D eigenvalue weighted by molar-refractivity contribution is 5.30. The van der Waals surface area contributed by atoms with Gasteiger partial charge in [-0.05, 0) is 18.6 Å². The van der Waals surface area contributed by atoms with E-state index in [0.717, 1.165) is 49.9 Å². The maximum atomic E-state index is 4.59. The Morgan fingerprint density at radius 3 is 2.70 bits per heavy atom. The van der Waals surface area contributed by atoms with Gasteiger partial charge in [-0.25, -0.2) is 15.0 Å². The molecule has 0 radical (unpaired) electrons. The van der Waals surface area contributed by atoms with Gasteiger partial charge in [-0.15, -0.1) is 0 Å². The van der Waals surface area contributed by atoms with Crippen LogP contribution in [0.2, 0.25) is 0 Å². The van der Waals surface area contributed by atoms with Crippen molar-refractivity contribution in [2.75, 3.05) is 18.0 Å². The van der Waals surface area contributed by atoms with Crippen LogP contribution in [-0.2, 0) is 19.5 Å². The van der Waals surface area contributed by atoms with E-state index in [-0.39, 0.29) is 0 Å². The zero-order valence-corrected chi connectivity index (χ0v) is 13.1. The molecule has 7 heteroatoms. The summed E-state index contributed by atoms with van der Waals surface area (Å²) >= 11 is 0. The van der Waals surface area contributed by atoms with Crippen LogP contribution in [0.3, 0.4) is 0 Å². The largest absolute Gasteiger partial charge is 0.339 e. The molecule has 0 bridgehead atoms. The number of rotatable bonds is 3. The predicted octanol–water partition coefficient (Wildman–Crippen LogP) is 1.29. The van der Waals surface area contributed by atoms with Crippen molar-refractivity contribution in [3.63, 3.8) is 0 Å². The molecule has 1 aliphatic heterocycles. The molecule has 0 unspecified atom stereocenters. The number of nitrogens with zero attached hydrogens (tertiary/aromatic N) is 7. The van der Waals surface area contributed by atoms with E-state index < -0.39 is 0 Å². The van der Waals surface area contributed by atoms with Crippen LogP contribution in [0.5, 0.6) is 0 Å². The molecule has 0 fully saturated rings. The first-order valence-corrected chi connectivity index (χ1v) is 7.84. The lowest BCUT2D eigenvalue weighted by atomic mass is 10.4. The van der Waals surface area contributed by atoms with Crippen molar-refractivity contribution in [1.82, 2.24) is 29.3 Å². The molecule has 7 nitrogen and oxygen atoms in total. The molecule has 0 amide bonds. The summed E-state index contributed by atoms with van der Waals surface area (Å²) in [5, 5.41) is 4.28.